The third-order valence-corrected chi connectivity index (χ3v) is 4.65. The van der Waals surface area contributed by atoms with Crippen LogP contribution in [-0.4, -0.2) is 15.1 Å². The molecule has 3 nitrogen and oxygen atoms in total. The maximum absolute atomic E-state index is 13.3. The number of carbonyl (C=O) groups excluding carboxylic acids is 1. The second kappa shape index (κ2) is 9.03. The molecule has 0 aliphatic heterocycles. The van der Waals surface area contributed by atoms with Crippen LogP contribution in [0.25, 0.3) is 0 Å². The first-order valence-electron chi connectivity index (χ1n) is 7.92. The third-order valence-electron chi connectivity index (χ3n) is 3.27. The quantitative estimate of drug-likeness (QED) is 0.343. The Morgan fingerprint density at radius 1 is 1.07 bits per heavy atom. The molecule has 0 N–H and O–H groups in total. The van der Waals surface area contributed by atoms with Crippen molar-refractivity contribution in [2.45, 2.75) is 29.3 Å². The van der Waals surface area contributed by atoms with Gasteiger partial charge >= 0.3 is 6.18 Å². The van der Waals surface area contributed by atoms with Crippen molar-refractivity contribution in [3.05, 3.63) is 59.7 Å². The maximum atomic E-state index is 13.3. The van der Waals surface area contributed by atoms with Crippen LogP contribution in [0.4, 0.5) is 18.9 Å². The largest absolute Gasteiger partial charge is 0.491 e. The van der Waals surface area contributed by atoms with Crippen LogP contribution in [0.15, 0.2) is 48.5 Å². The highest BCUT2D eigenvalue weighted by Gasteiger charge is 2.38. The molecule has 0 atom stereocenters. The van der Waals surface area contributed by atoms with Gasteiger partial charge in [-0.05, 0) is 38.1 Å². The monoisotopic (exact) mass is 471 g/mol. The van der Waals surface area contributed by atoms with E-state index in [0.29, 0.717) is 17.7 Å². The minimum absolute atomic E-state index is 0.147. The lowest BCUT2D eigenvalue weighted by atomic mass is 10.1. The van der Waals surface area contributed by atoms with E-state index in [1.807, 2.05) is 13.8 Å². The molecule has 0 fully saturated rings. The molecule has 152 valence electrons. The minimum Gasteiger partial charge on any atom is -0.491 e. The standard InChI is InChI=1S/C18H15Cl3F3NO2S/c1-11(2)27-13-7-5-6-12(10-13)25(28-18(19,20)21)16(26)14-8-3-4-9-15(14)17(22,23)24/h3-11H,1-2H3. The fourth-order valence-electron chi connectivity index (χ4n) is 2.30. The van der Waals surface area contributed by atoms with Crippen molar-refractivity contribution in [1.29, 1.82) is 0 Å². The second-order valence-electron chi connectivity index (χ2n) is 5.84. The lowest BCUT2D eigenvalue weighted by Gasteiger charge is -2.26. The number of ether oxygens (including phenoxy) is 1. The van der Waals surface area contributed by atoms with Crippen LogP contribution < -0.4 is 9.04 Å². The van der Waals surface area contributed by atoms with Gasteiger partial charge in [0.15, 0.2) is 0 Å². The summed E-state index contributed by atoms with van der Waals surface area (Å²) < 4.78 is 44.5. The number of halogens is 6. The van der Waals surface area contributed by atoms with Crippen LogP contribution in [0.5, 0.6) is 5.75 Å². The van der Waals surface area contributed by atoms with E-state index in [4.69, 9.17) is 39.5 Å². The van der Waals surface area contributed by atoms with Crippen molar-refractivity contribution >= 4 is 58.3 Å². The predicted octanol–water partition coefficient (Wildman–Crippen LogP) is 7.12. The number of amides is 1. The Morgan fingerprint density at radius 3 is 2.29 bits per heavy atom. The molecule has 0 spiro atoms. The Morgan fingerprint density at radius 2 is 1.71 bits per heavy atom. The van der Waals surface area contributed by atoms with E-state index < -0.39 is 26.3 Å². The van der Waals surface area contributed by atoms with Gasteiger partial charge < -0.3 is 4.74 Å². The molecule has 0 aliphatic carbocycles. The maximum Gasteiger partial charge on any atom is 0.417 e. The van der Waals surface area contributed by atoms with Gasteiger partial charge in [0.05, 0.1) is 22.9 Å². The molecule has 28 heavy (non-hydrogen) atoms. The van der Waals surface area contributed by atoms with Crippen LogP contribution in [0.3, 0.4) is 0 Å². The van der Waals surface area contributed by atoms with E-state index in [2.05, 4.69) is 0 Å². The van der Waals surface area contributed by atoms with Gasteiger partial charge in [0, 0.05) is 18.0 Å². The number of nitrogens with zero attached hydrogens (tertiary/aromatic N) is 1. The van der Waals surface area contributed by atoms with Gasteiger partial charge in [-0.2, -0.15) is 13.2 Å². The van der Waals surface area contributed by atoms with E-state index in [1.165, 1.54) is 24.3 Å². The van der Waals surface area contributed by atoms with E-state index in [1.54, 1.807) is 12.1 Å². The number of anilines is 1. The third kappa shape index (κ3) is 6.37. The summed E-state index contributed by atoms with van der Waals surface area (Å²) >= 11 is 17.9. The van der Waals surface area contributed by atoms with Crippen LogP contribution in [0.1, 0.15) is 29.8 Å². The van der Waals surface area contributed by atoms with Crippen molar-refractivity contribution in [1.82, 2.24) is 0 Å². The SMILES string of the molecule is CC(C)Oc1cccc(N(SC(Cl)(Cl)Cl)C(=O)c2ccccc2C(F)(F)F)c1. The van der Waals surface area contributed by atoms with Gasteiger partial charge in [0.25, 0.3) is 9.03 Å². The highest BCUT2D eigenvalue weighted by Crippen LogP contribution is 2.45. The lowest BCUT2D eigenvalue weighted by Crippen LogP contribution is -2.29. The molecule has 2 aromatic carbocycles. The van der Waals surface area contributed by atoms with Crippen molar-refractivity contribution in [2.24, 2.45) is 0 Å². The smallest absolute Gasteiger partial charge is 0.417 e. The number of alkyl halides is 6. The molecule has 2 rings (SSSR count). The fourth-order valence-corrected chi connectivity index (χ4v) is 3.52. The predicted molar refractivity (Wildman–Crippen MR) is 108 cm³/mol. The molecular formula is C18H15Cl3F3NO2S. The van der Waals surface area contributed by atoms with E-state index in [0.717, 1.165) is 16.4 Å². The zero-order chi connectivity index (χ0) is 21.1. The normalized spacial score (nSPS) is 12.2. The number of benzene rings is 2. The van der Waals surface area contributed by atoms with Gasteiger partial charge in [0.1, 0.15) is 5.75 Å². The summed E-state index contributed by atoms with van der Waals surface area (Å²) in [5, 5.41) is 0. The van der Waals surface area contributed by atoms with Gasteiger partial charge in [-0.1, -0.05) is 53.0 Å². The van der Waals surface area contributed by atoms with Crippen molar-refractivity contribution in [3.63, 3.8) is 0 Å². The number of hydrogen-bond acceptors (Lipinski definition) is 3. The molecule has 0 aromatic heterocycles. The molecular weight excluding hydrogens is 458 g/mol. The lowest BCUT2D eigenvalue weighted by molar-refractivity contribution is -0.137. The molecule has 10 heteroatoms. The minimum atomic E-state index is -4.72. The Hall–Kier alpha value is -1.28. The first-order valence-corrected chi connectivity index (χ1v) is 9.82. The van der Waals surface area contributed by atoms with Crippen LogP contribution in [0, 0.1) is 0 Å². The van der Waals surface area contributed by atoms with E-state index in [9.17, 15) is 18.0 Å². The van der Waals surface area contributed by atoms with Gasteiger partial charge in [-0.3, -0.25) is 4.79 Å². The summed E-state index contributed by atoms with van der Waals surface area (Å²) in [6.45, 7) is 3.62. The first-order chi connectivity index (χ1) is 12.9. The van der Waals surface area contributed by atoms with Crippen molar-refractivity contribution < 1.29 is 22.7 Å². The van der Waals surface area contributed by atoms with Gasteiger partial charge in [0.2, 0.25) is 0 Å². The molecule has 0 aliphatic rings. The fraction of sp³-hybridized carbons (Fsp3) is 0.278. The van der Waals surface area contributed by atoms with Gasteiger partial charge in [-0.25, -0.2) is 4.31 Å². The molecule has 2 aromatic rings. The molecule has 0 unspecified atom stereocenters. The molecule has 1 amide bonds. The summed E-state index contributed by atoms with van der Waals surface area (Å²) in [6, 6.07) is 10.7. The van der Waals surface area contributed by atoms with Crippen molar-refractivity contribution in [3.8, 4) is 5.75 Å². The molecule has 0 saturated heterocycles. The Bertz CT molecular complexity index is 841. The average Bonchev–Trinajstić information content (AvgIpc) is 2.57. The molecule has 0 heterocycles. The summed E-state index contributed by atoms with van der Waals surface area (Å²) in [4.78, 5) is 13.0. The van der Waals surface area contributed by atoms with Gasteiger partial charge in [-0.15, -0.1) is 0 Å². The highest BCUT2D eigenvalue weighted by molar-refractivity contribution is 8.06. The average molecular weight is 473 g/mol. The molecule has 0 saturated carbocycles. The summed E-state index contributed by atoms with van der Waals surface area (Å²) in [5.41, 5.74) is -1.44. The number of carbonyl (C=O) groups is 1. The summed E-state index contributed by atoms with van der Waals surface area (Å²) in [5.74, 6) is -0.565. The zero-order valence-electron chi connectivity index (χ0n) is 14.6. The number of hydrogen-bond donors (Lipinski definition) is 0. The summed E-state index contributed by atoms with van der Waals surface area (Å²) in [7, 11) is 0. The van der Waals surface area contributed by atoms with Crippen LogP contribution in [-0.2, 0) is 6.18 Å². The summed E-state index contributed by atoms with van der Waals surface area (Å²) in [6.07, 6.45) is -4.86. The molecule has 0 radical (unpaired) electrons. The Labute approximate surface area is 179 Å². The van der Waals surface area contributed by atoms with E-state index in [-0.39, 0.29) is 11.8 Å². The second-order valence-corrected chi connectivity index (χ2v) is 9.96. The topological polar surface area (TPSA) is 29.5 Å². The zero-order valence-corrected chi connectivity index (χ0v) is 17.7. The van der Waals surface area contributed by atoms with Crippen LogP contribution in [0.2, 0.25) is 0 Å². The van der Waals surface area contributed by atoms with Crippen molar-refractivity contribution in [2.75, 3.05) is 4.31 Å². The number of rotatable bonds is 5. The van der Waals surface area contributed by atoms with Crippen LogP contribution >= 0.6 is 46.8 Å². The Balaban J connectivity index is 2.52. The highest BCUT2D eigenvalue weighted by atomic mass is 35.6. The molecule has 0 bridgehead atoms. The Kier molecular flexibility index (Phi) is 7.42. The van der Waals surface area contributed by atoms with E-state index >= 15 is 0 Å². The first kappa shape index (κ1) is 23.0.